The number of hydrogen-bond donors (Lipinski definition) is 3. The number of nitrogens with two attached hydrogens (primary N) is 2. The van der Waals surface area contributed by atoms with Crippen molar-refractivity contribution in [2.24, 2.45) is 5.73 Å². The van der Waals surface area contributed by atoms with E-state index in [1.165, 1.54) is 5.56 Å². The molecule has 5 N–H and O–H groups in total. The molecule has 28 heavy (non-hydrogen) atoms. The van der Waals surface area contributed by atoms with Crippen molar-refractivity contribution in [3.05, 3.63) is 93.7 Å². The summed E-state index contributed by atoms with van der Waals surface area (Å²) in [5, 5.41) is 6.25. The van der Waals surface area contributed by atoms with Crippen molar-refractivity contribution in [2.75, 3.05) is 0 Å². The normalized spacial score (nSPS) is 12.9. The number of benzene rings is 2. The predicted octanol–water partition coefficient (Wildman–Crippen LogP) is 2.90. The van der Waals surface area contributed by atoms with E-state index >= 15 is 0 Å². The van der Waals surface area contributed by atoms with Gasteiger partial charge in [0.25, 0.3) is 5.91 Å². The second-order valence-corrected chi connectivity index (χ2v) is 7.50. The average Bonchev–Trinajstić information content (AvgIpc) is 3.23. The van der Waals surface area contributed by atoms with Crippen LogP contribution < -0.4 is 16.4 Å². The lowest BCUT2D eigenvalue weighted by Gasteiger charge is -2.22. The molecule has 6 heteroatoms. The molecule has 0 fully saturated rings. The maximum atomic E-state index is 12.8. The Bertz CT molecular complexity index is 909. The van der Waals surface area contributed by atoms with Crippen LogP contribution in [0.3, 0.4) is 0 Å². The molecule has 0 aliphatic carbocycles. The molecule has 0 radical (unpaired) electrons. The molecule has 3 rings (SSSR count). The Kier molecular flexibility index (Phi) is 6.57. The van der Waals surface area contributed by atoms with E-state index in [1.54, 1.807) is 11.3 Å². The fourth-order valence-corrected chi connectivity index (χ4v) is 4.03. The first-order chi connectivity index (χ1) is 13.6. The highest BCUT2D eigenvalue weighted by Crippen LogP contribution is 2.25. The van der Waals surface area contributed by atoms with Gasteiger partial charge >= 0.3 is 6.03 Å². The van der Waals surface area contributed by atoms with Crippen molar-refractivity contribution >= 4 is 23.3 Å². The van der Waals surface area contributed by atoms with Gasteiger partial charge in [-0.2, -0.15) is 0 Å². The molecular formula is C22H24N3O2S+. The lowest BCUT2D eigenvalue weighted by Crippen LogP contribution is -2.88. The molecule has 0 aliphatic heterocycles. The maximum absolute atomic E-state index is 12.8. The maximum Gasteiger partial charge on any atom is 0.319 e. The van der Waals surface area contributed by atoms with Crippen LogP contribution in [0, 0.1) is 0 Å². The SMILES string of the molecule is CCc1ccc([C@H]([NH2+][C@H](C(=O)NC(N)=O)c2ccccc2)c2cccs2)cc1. The predicted molar refractivity (Wildman–Crippen MR) is 111 cm³/mol. The van der Waals surface area contributed by atoms with Crippen molar-refractivity contribution < 1.29 is 14.9 Å². The first-order valence-corrected chi connectivity index (χ1v) is 10.1. The molecule has 2 atom stereocenters. The number of nitrogens with one attached hydrogen (secondary N) is 1. The smallest absolute Gasteiger partial charge is 0.319 e. The summed E-state index contributed by atoms with van der Waals surface area (Å²) in [6, 6.07) is 20.4. The molecule has 0 unspecified atom stereocenters. The van der Waals surface area contributed by atoms with Crippen LogP contribution in [0.25, 0.3) is 0 Å². The average molecular weight is 395 g/mol. The summed E-state index contributed by atoms with van der Waals surface area (Å²) in [4.78, 5) is 25.2. The van der Waals surface area contributed by atoms with Crippen molar-refractivity contribution in [1.82, 2.24) is 5.32 Å². The summed E-state index contributed by atoms with van der Waals surface area (Å²) in [6.07, 6.45) is 0.974. The second-order valence-electron chi connectivity index (χ2n) is 6.52. The van der Waals surface area contributed by atoms with Crippen LogP contribution in [-0.4, -0.2) is 11.9 Å². The number of carbonyl (C=O) groups is 2. The Balaban J connectivity index is 1.97. The number of thiophene rings is 1. The van der Waals surface area contributed by atoms with Crippen LogP contribution in [0.2, 0.25) is 0 Å². The third-order valence-electron chi connectivity index (χ3n) is 4.67. The Morgan fingerprint density at radius 3 is 2.29 bits per heavy atom. The number of aryl methyl sites for hydroxylation is 1. The zero-order chi connectivity index (χ0) is 19.9. The van der Waals surface area contributed by atoms with E-state index in [4.69, 9.17) is 5.73 Å². The van der Waals surface area contributed by atoms with Crippen LogP contribution in [0.1, 0.15) is 40.6 Å². The molecule has 1 heterocycles. The number of amides is 3. The van der Waals surface area contributed by atoms with Crippen molar-refractivity contribution in [3.8, 4) is 0 Å². The van der Waals surface area contributed by atoms with E-state index in [0.717, 1.165) is 22.4 Å². The third kappa shape index (κ3) is 4.85. The molecular weight excluding hydrogens is 370 g/mol. The highest BCUT2D eigenvalue weighted by molar-refractivity contribution is 7.10. The molecule has 0 spiro atoms. The molecule has 0 aliphatic rings. The van der Waals surface area contributed by atoms with E-state index in [0.29, 0.717) is 0 Å². The monoisotopic (exact) mass is 394 g/mol. The fraction of sp³-hybridized carbons (Fsp3) is 0.182. The molecule has 0 saturated carbocycles. The highest BCUT2D eigenvalue weighted by Gasteiger charge is 2.31. The first-order valence-electron chi connectivity index (χ1n) is 9.21. The van der Waals surface area contributed by atoms with E-state index in [-0.39, 0.29) is 6.04 Å². The quantitative estimate of drug-likeness (QED) is 0.575. The van der Waals surface area contributed by atoms with Gasteiger partial charge in [-0.25, -0.2) is 4.79 Å². The van der Waals surface area contributed by atoms with Crippen LogP contribution >= 0.6 is 11.3 Å². The lowest BCUT2D eigenvalue weighted by molar-refractivity contribution is -0.713. The lowest BCUT2D eigenvalue weighted by atomic mass is 9.99. The second kappa shape index (κ2) is 9.30. The molecule has 3 aromatic rings. The molecule has 144 valence electrons. The number of imide groups is 1. The minimum atomic E-state index is -0.848. The van der Waals surface area contributed by atoms with Crippen molar-refractivity contribution in [1.29, 1.82) is 0 Å². The van der Waals surface area contributed by atoms with E-state index in [2.05, 4.69) is 42.6 Å². The zero-order valence-corrected chi connectivity index (χ0v) is 16.5. The largest absolute Gasteiger partial charge is 0.351 e. The number of hydrogen-bond acceptors (Lipinski definition) is 3. The van der Waals surface area contributed by atoms with Gasteiger partial charge in [0.1, 0.15) is 6.04 Å². The fourth-order valence-electron chi connectivity index (χ4n) is 3.20. The van der Waals surface area contributed by atoms with Gasteiger partial charge in [-0.1, -0.05) is 67.6 Å². The van der Waals surface area contributed by atoms with Crippen LogP contribution in [0.4, 0.5) is 4.79 Å². The number of primary amides is 1. The standard InChI is InChI=1S/C22H23N3O2S/c1-2-15-10-12-17(13-11-15)19(18-9-6-14-28-18)24-20(21(26)25-22(23)27)16-7-4-3-5-8-16/h3-14,19-20,24H,2H2,1H3,(H3,23,25,26,27)/p+1/t19-,20-/m0/s1. The van der Waals surface area contributed by atoms with Gasteiger partial charge in [0.15, 0.2) is 6.04 Å². The Labute approximate surface area is 168 Å². The number of urea groups is 1. The molecule has 0 saturated heterocycles. The first kappa shape index (κ1) is 19.8. The Morgan fingerprint density at radius 1 is 1.00 bits per heavy atom. The van der Waals surface area contributed by atoms with Crippen LogP contribution in [0.15, 0.2) is 72.1 Å². The molecule has 5 nitrogen and oxygen atoms in total. The molecule has 0 bridgehead atoms. The summed E-state index contributed by atoms with van der Waals surface area (Å²) in [5.41, 5.74) is 8.38. The van der Waals surface area contributed by atoms with E-state index in [1.807, 2.05) is 47.1 Å². The van der Waals surface area contributed by atoms with Gasteiger partial charge in [0.2, 0.25) is 0 Å². The summed E-state index contributed by atoms with van der Waals surface area (Å²) in [7, 11) is 0. The number of rotatable bonds is 7. The summed E-state index contributed by atoms with van der Waals surface area (Å²) in [5.74, 6) is -0.426. The molecule has 2 aromatic carbocycles. The molecule has 1 aromatic heterocycles. The summed E-state index contributed by atoms with van der Waals surface area (Å²) in [6.45, 7) is 2.12. The Morgan fingerprint density at radius 2 is 1.71 bits per heavy atom. The summed E-state index contributed by atoms with van der Waals surface area (Å²) < 4.78 is 0. The van der Waals surface area contributed by atoms with Gasteiger partial charge in [0, 0.05) is 11.1 Å². The number of carbonyl (C=O) groups excluding carboxylic acids is 2. The minimum Gasteiger partial charge on any atom is -0.351 e. The molecule has 3 amide bonds. The van der Waals surface area contributed by atoms with Crippen molar-refractivity contribution in [2.45, 2.75) is 25.4 Å². The van der Waals surface area contributed by atoms with Gasteiger partial charge in [-0.3, -0.25) is 10.1 Å². The summed E-state index contributed by atoms with van der Waals surface area (Å²) >= 11 is 1.64. The van der Waals surface area contributed by atoms with E-state index in [9.17, 15) is 9.59 Å². The topological polar surface area (TPSA) is 88.8 Å². The Hall–Kier alpha value is -2.96. The van der Waals surface area contributed by atoms with Crippen LogP contribution in [-0.2, 0) is 11.2 Å². The zero-order valence-electron chi connectivity index (χ0n) is 15.7. The number of quaternary nitrogens is 1. The van der Waals surface area contributed by atoms with Gasteiger partial charge in [-0.05, 0) is 23.4 Å². The van der Waals surface area contributed by atoms with Gasteiger partial charge < -0.3 is 11.1 Å². The van der Waals surface area contributed by atoms with E-state index < -0.39 is 18.0 Å². The van der Waals surface area contributed by atoms with Gasteiger partial charge in [-0.15, -0.1) is 11.3 Å². The highest BCUT2D eigenvalue weighted by atomic mass is 32.1. The van der Waals surface area contributed by atoms with Crippen LogP contribution in [0.5, 0.6) is 0 Å². The third-order valence-corrected chi connectivity index (χ3v) is 5.62. The van der Waals surface area contributed by atoms with Crippen molar-refractivity contribution in [3.63, 3.8) is 0 Å². The minimum absolute atomic E-state index is 0.0743. The van der Waals surface area contributed by atoms with Gasteiger partial charge in [0.05, 0.1) is 4.88 Å².